The fourth-order valence-corrected chi connectivity index (χ4v) is 3.61. The molecule has 21 heavy (non-hydrogen) atoms. The molecular formula is C17H14ClNOS. The summed E-state index contributed by atoms with van der Waals surface area (Å²) in [7, 11) is 0. The summed E-state index contributed by atoms with van der Waals surface area (Å²) < 4.78 is 1.12. The summed E-state index contributed by atoms with van der Waals surface area (Å²) in [5.74, 6) is 0.348. The Balaban J connectivity index is 2.17. The number of thiophene rings is 1. The van der Waals surface area contributed by atoms with Gasteiger partial charge in [0.2, 0.25) is 0 Å². The van der Waals surface area contributed by atoms with Crippen molar-refractivity contribution in [1.29, 1.82) is 0 Å². The molecule has 2 aromatic carbocycles. The second kappa shape index (κ2) is 6.29. The van der Waals surface area contributed by atoms with Gasteiger partial charge in [-0.3, -0.25) is 4.79 Å². The molecule has 0 saturated carbocycles. The van der Waals surface area contributed by atoms with Crippen LogP contribution in [-0.4, -0.2) is 18.3 Å². The largest absolute Gasteiger partial charge is 0.351 e. The molecule has 106 valence electrons. The van der Waals surface area contributed by atoms with Crippen molar-refractivity contribution in [2.75, 3.05) is 12.4 Å². The van der Waals surface area contributed by atoms with E-state index in [2.05, 4.69) is 5.32 Å². The number of benzene rings is 2. The Hall–Kier alpha value is -1.84. The van der Waals surface area contributed by atoms with Crippen molar-refractivity contribution in [3.8, 4) is 10.4 Å². The third-order valence-corrected chi connectivity index (χ3v) is 4.65. The highest BCUT2D eigenvalue weighted by molar-refractivity contribution is 7.22. The lowest BCUT2D eigenvalue weighted by molar-refractivity contribution is 0.0958. The van der Waals surface area contributed by atoms with Crippen molar-refractivity contribution in [3.05, 3.63) is 60.2 Å². The van der Waals surface area contributed by atoms with Crippen LogP contribution < -0.4 is 5.32 Å². The molecule has 3 aromatic rings. The average Bonchev–Trinajstić information content (AvgIpc) is 2.93. The van der Waals surface area contributed by atoms with Crippen LogP contribution in [0.25, 0.3) is 20.5 Å². The molecular weight excluding hydrogens is 302 g/mol. The summed E-state index contributed by atoms with van der Waals surface area (Å²) in [4.78, 5) is 13.5. The highest BCUT2D eigenvalue weighted by Crippen LogP contribution is 2.38. The van der Waals surface area contributed by atoms with Gasteiger partial charge in [0.05, 0.1) is 5.56 Å². The highest BCUT2D eigenvalue weighted by atomic mass is 35.5. The summed E-state index contributed by atoms with van der Waals surface area (Å²) in [5.41, 5.74) is 1.81. The van der Waals surface area contributed by atoms with Crippen molar-refractivity contribution in [2.24, 2.45) is 0 Å². The van der Waals surface area contributed by atoms with Crippen molar-refractivity contribution < 1.29 is 4.79 Å². The molecule has 1 heterocycles. The minimum atomic E-state index is -0.0630. The molecule has 0 aliphatic rings. The molecule has 1 aromatic heterocycles. The monoisotopic (exact) mass is 315 g/mol. The van der Waals surface area contributed by atoms with E-state index in [4.69, 9.17) is 11.6 Å². The van der Waals surface area contributed by atoms with E-state index in [1.54, 1.807) is 11.3 Å². The van der Waals surface area contributed by atoms with Crippen molar-refractivity contribution >= 4 is 38.9 Å². The molecule has 0 atom stereocenters. The van der Waals surface area contributed by atoms with Gasteiger partial charge in [-0.05, 0) is 11.6 Å². The molecule has 2 nitrogen and oxygen atoms in total. The molecule has 3 rings (SSSR count). The van der Waals surface area contributed by atoms with E-state index >= 15 is 0 Å². The van der Waals surface area contributed by atoms with Crippen LogP contribution in [0, 0.1) is 0 Å². The Morgan fingerprint density at radius 1 is 1.05 bits per heavy atom. The molecule has 0 unspecified atom stereocenters. The molecule has 0 radical (unpaired) electrons. The van der Waals surface area contributed by atoms with Crippen LogP contribution in [0.15, 0.2) is 54.6 Å². The fourth-order valence-electron chi connectivity index (χ4n) is 2.31. The molecule has 0 saturated heterocycles. The first-order valence-corrected chi connectivity index (χ1v) is 8.07. The van der Waals surface area contributed by atoms with Crippen molar-refractivity contribution in [1.82, 2.24) is 5.32 Å². The number of nitrogens with one attached hydrogen (secondary N) is 1. The first-order chi connectivity index (χ1) is 10.3. The zero-order chi connectivity index (χ0) is 14.7. The Morgan fingerprint density at radius 2 is 1.76 bits per heavy atom. The molecule has 4 heteroatoms. The lowest BCUT2D eigenvalue weighted by Crippen LogP contribution is -2.25. The smallest absolute Gasteiger partial charge is 0.253 e. The molecule has 1 N–H and O–H groups in total. The molecule has 0 bridgehead atoms. The number of fused-ring (bicyclic) bond motifs is 1. The Labute approximate surface area is 132 Å². The van der Waals surface area contributed by atoms with Gasteiger partial charge in [0.15, 0.2) is 0 Å². The topological polar surface area (TPSA) is 29.1 Å². The van der Waals surface area contributed by atoms with Crippen LogP contribution in [0.5, 0.6) is 0 Å². The Kier molecular flexibility index (Phi) is 4.23. The normalized spacial score (nSPS) is 10.7. The summed E-state index contributed by atoms with van der Waals surface area (Å²) in [5, 5.41) is 3.87. The number of amides is 1. The van der Waals surface area contributed by atoms with Crippen molar-refractivity contribution in [3.63, 3.8) is 0 Å². The first-order valence-electron chi connectivity index (χ1n) is 6.72. The van der Waals surface area contributed by atoms with Crippen LogP contribution in [0.3, 0.4) is 0 Å². The third-order valence-electron chi connectivity index (χ3n) is 3.24. The van der Waals surface area contributed by atoms with E-state index in [-0.39, 0.29) is 5.91 Å². The van der Waals surface area contributed by atoms with Gasteiger partial charge < -0.3 is 5.32 Å². The maximum atomic E-state index is 12.5. The van der Waals surface area contributed by atoms with Crippen molar-refractivity contribution in [2.45, 2.75) is 0 Å². The number of halogens is 1. The average molecular weight is 316 g/mol. The number of hydrogen-bond donors (Lipinski definition) is 1. The third kappa shape index (κ3) is 2.80. The quantitative estimate of drug-likeness (QED) is 0.704. The minimum Gasteiger partial charge on any atom is -0.351 e. The van der Waals surface area contributed by atoms with Gasteiger partial charge in [-0.25, -0.2) is 0 Å². The van der Waals surface area contributed by atoms with Gasteiger partial charge in [-0.15, -0.1) is 22.9 Å². The van der Waals surface area contributed by atoms with Crippen LogP contribution in [0.2, 0.25) is 0 Å². The van der Waals surface area contributed by atoms with E-state index in [1.165, 1.54) is 0 Å². The van der Waals surface area contributed by atoms with Gasteiger partial charge in [0.1, 0.15) is 0 Å². The minimum absolute atomic E-state index is 0.0630. The standard InChI is InChI=1S/C17H14ClNOS/c18-10-11-19-17(20)15-13-8-4-5-9-14(13)21-16(15)12-6-2-1-3-7-12/h1-9H,10-11H2,(H,19,20). The van der Waals surface area contributed by atoms with E-state index in [9.17, 15) is 4.79 Å². The van der Waals surface area contributed by atoms with Crippen LogP contribution in [0.1, 0.15) is 10.4 Å². The second-order valence-corrected chi connectivity index (χ2v) is 6.04. The zero-order valence-electron chi connectivity index (χ0n) is 11.3. The maximum Gasteiger partial charge on any atom is 0.253 e. The number of rotatable bonds is 4. The highest BCUT2D eigenvalue weighted by Gasteiger charge is 2.19. The summed E-state index contributed by atoms with van der Waals surface area (Å²) in [6.07, 6.45) is 0. The lowest BCUT2D eigenvalue weighted by Gasteiger charge is -2.06. The number of carbonyl (C=O) groups excluding carboxylic acids is 1. The van der Waals surface area contributed by atoms with Gasteiger partial charge >= 0.3 is 0 Å². The predicted molar refractivity (Wildman–Crippen MR) is 90.3 cm³/mol. The van der Waals surface area contributed by atoms with Crippen LogP contribution in [-0.2, 0) is 0 Å². The molecule has 0 aliphatic heterocycles. The molecule has 0 spiro atoms. The van der Waals surface area contributed by atoms with Crippen LogP contribution in [0.4, 0.5) is 0 Å². The lowest BCUT2D eigenvalue weighted by atomic mass is 10.1. The number of alkyl halides is 1. The summed E-state index contributed by atoms with van der Waals surface area (Å²) in [6.45, 7) is 0.471. The SMILES string of the molecule is O=C(NCCCl)c1c(-c2ccccc2)sc2ccccc12. The molecule has 0 aliphatic carbocycles. The van der Waals surface area contributed by atoms with Gasteiger partial charge in [0.25, 0.3) is 5.91 Å². The van der Waals surface area contributed by atoms with E-state index in [0.29, 0.717) is 12.4 Å². The van der Waals surface area contributed by atoms with Gasteiger partial charge in [-0.2, -0.15) is 0 Å². The van der Waals surface area contributed by atoms with E-state index < -0.39 is 0 Å². The Bertz CT molecular complexity index is 767. The number of carbonyl (C=O) groups is 1. The molecule has 1 amide bonds. The first kappa shape index (κ1) is 14.1. The van der Waals surface area contributed by atoms with E-state index in [0.717, 1.165) is 26.1 Å². The van der Waals surface area contributed by atoms with Gasteiger partial charge in [0, 0.05) is 27.4 Å². The van der Waals surface area contributed by atoms with Gasteiger partial charge in [-0.1, -0.05) is 48.5 Å². The zero-order valence-corrected chi connectivity index (χ0v) is 12.9. The van der Waals surface area contributed by atoms with Crippen LogP contribution >= 0.6 is 22.9 Å². The summed E-state index contributed by atoms with van der Waals surface area (Å²) in [6, 6.07) is 18.0. The number of hydrogen-bond acceptors (Lipinski definition) is 2. The predicted octanol–water partition coefficient (Wildman–Crippen LogP) is 4.54. The Morgan fingerprint density at radius 3 is 2.52 bits per heavy atom. The maximum absolute atomic E-state index is 12.5. The van der Waals surface area contributed by atoms with E-state index in [1.807, 2.05) is 54.6 Å². The molecule has 0 fully saturated rings. The second-order valence-electron chi connectivity index (χ2n) is 4.61. The summed E-state index contributed by atoms with van der Waals surface area (Å²) >= 11 is 7.31. The fraction of sp³-hybridized carbons (Fsp3) is 0.118.